The van der Waals surface area contributed by atoms with Gasteiger partial charge in [-0.05, 0) is 62.7 Å². The van der Waals surface area contributed by atoms with Gasteiger partial charge in [-0.3, -0.25) is 9.59 Å². The zero-order chi connectivity index (χ0) is 14.0. The number of hydrogen-bond donors (Lipinski definition) is 2. The second-order valence-corrected chi connectivity index (χ2v) is 6.66. The van der Waals surface area contributed by atoms with Crippen molar-refractivity contribution in [2.45, 2.75) is 51.9 Å². The quantitative estimate of drug-likeness (QED) is 0.822. The van der Waals surface area contributed by atoms with E-state index in [0.29, 0.717) is 17.8 Å². The summed E-state index contributed by atoms with van der Waals surface area (Å²) in [5.41, 5.74) is 0. The van der Waals surface area contributed by atoms with Crippen LogP contribution < -0.4 is 0 Å². The molecular weight excluding hydrogens is 244 g/mol. The first-order valence-electron chi connectivity index (χ1n) is 7.41. The first kappa shape index (κ1) is 14.4. The van der Waals surface area contributed by atoms with Gasteiger partial charge in [0.15, 0.2) is 0 Å². The maximum atomic E-state index is 11.1. The molecule has 19 heavy (non-hydrogen) atoms. The number of aliphatic carboxylic acids is 2. The van der Waals surface area contributed by atoms with Crippen molar-refractivity contribution in [2.24, 2.45) is 29.6 Å². The van der Waals surface area contributed by atoms with Crippen LogP contribution in [-0.2, 0) is 9.59 Å². The lowest BCUT2D eigenvalue weighted by Gasteiger charge is -2.32. The standard InChI is InChI=1S/C15H24O4/c1-9-4-11(8-13(5-9)15(18)19)6-10-2-3-12(7-10)14(16)17/h9-13H,2-8H2,1H3,(H,16,17)(H,18,19). The van der Waals surface area contributed by atoms with Gasteiger partial charge in [0, 0.05) is 0 Å². The lowest BCUT2D eigenvalue weighted by molar-refractivity contribution is -0.144. The fraction of sp³-hybridized carbons (Fsp3) is 0.867. The highest BCUT2D eigenvalue weighted by atomic mass is 16.4. The van der Waals surface area contributed by atoms with E-state index in [9.17, 15) is 14.7 Å². The molecule has 4 heteroatoms. The minimum Gasteiger partial charge on any atom is -0.481 e. The van der Waals surface area contributed by atoms with Crippen LogP contribution in [0, 0.1) is 29.6 Å². The molecule has 0 radical (unpaired) electrons. The van der Waals surface area contributed by atoms with E-state index in [-0.39, 0.29) is 11.8 Å². The highest BCUT2D eigenvalue weighted by Gasteiger charge is 2.35. The zero-order valence-electron chi connectivity index (χ0n) is 11.5. The molecule has 0 amide bonds. The predicted molar refractivity (Wildman–Crippen MR) is 70.7 cm³/mol. The first-order valence-corrected chi connectivity index (χ1v) is 7.41. The normalized spacial score (nSPS) is 39.1. The topological polar surface area (TPSA) is 74.6 Å². The van der Waals surface area contributed by atoms with Gasteiger partial charge in [0.1, 0.15) is 0 Å². The van der Waals surface area contributed by atoms with E-state index < -0.39 is 11.9 Å². The molecule has 0 aromatic rings. The van der Waals surface area contributed by atoms with Gasteiger partial charge in [-0.2, -0.15) is 0 Å². The van der Waals surface area contributed by atoms with Gasteiger partial charge in [0.2, 0.25) is 0 Å². The Morgan fingerprint density at radius 2 is 1.53 bits per heavy atom. The van der Waals surface area contributed by atoms with E-state index in [1.807, 2.05) is 0 Å². The van der Waals surface area contributed by atoms with Crippen LogP contribution in [0.1, 0.15) is 51.9 Å². The molecule has 0 saturated heterocycles. The van der Waals surface area contributed by atoms with Crippen LogP contribution in [0.3, 0.4) is 0 Å². The van der Waals surface area contributed by atoms with Crippen molar-refractivity contribution in [3.05, 3.63) is 0 Å². The summed E-state index contributed by atoms with van der Waals surface area (Å²) in [6.45, 7) is 2.14. The van der Waals surface area contributed by atoms with Crippen LogP contribution in [0.15, 0.2) is 0 Å². The Morgan fingerprint density at radius 3 is 2.11 bits per heavy atom. The average Bonchev–Trinajstić information content (AvgIpc) is 2.76. The van der Waals surface area contributed by atoms with Crippen LogP contribution in [0.5, 0.6) is 0 Å². The maximum Gasteiger partial charge on any atom is 0.306 e. The van der Waals surface area contributed by atoms with Crippen molar-refractivity contribution in [2.75, 3.05) is 0 Å². The lowest BCUT2D eigenvalue weighted by Crippen LogP contribution is -2.28. The van der Waals surface area contributed by atoms with Crippen LogP contribution in [0.25, 0.3) is 0 Å². The van der Waals surface area contributed by atoms with E-state index in [4.69, 9.17) is 5.11 Å². The molecular formula is C15H24O4. The first-order chi connectivity index (χ1) is 8.95. The van der Waals surface area contributed by atoms with Crippen molar-refractivity contribution < 1.29 is 19.8 Å². The summed E-state index contributed by atoms with van der Waals surface area (Å²) in [5, 5.41) is 18.2. The number of carboxylic acid groups (broad SMARTS) is 2. The van der Waals surface area contributed by atoms with Gasteiger partial charge < -0.3 is 10.2 Å². The molecule has 0 spiro atoms. The van der Waals surface area contributed by atoms with Gasteiger partial charge >= 0.3 is 11.9 Å². The molecule has 2 aliphatic carbocycles. The summed E-state index contributed by atoms with van der Waals surface area (Å²) in [6, 6.07) is 0. The van der Waals surface area contributed by atoms with E-state index in [1.165, 1.54) is 0 Å². The van der Waals surface area contributed by atoms with Crippen LogP contribution in [-0.4, -0.2) is 22.2 Å². The highest BCUT2D eigenvalue weighted by Crippen LogP contribution is 2.41. The van der Waals surface area contributed by atoms with E-state index in [0.717, 1.165) is 44.9 Å². The fourth-order valence-electron chi connectivity index (χ4n) is 4.12. The summed E-state index contributed by atoms with van der Waals surface area (Å²) in [5.74, 6) is -0.231. The largest absolute Gasteiger partial charge is 0.481 e. The highest BCUT2D eigenvalue weighted by molar-refractivity contribution is 5.70. The molecule has 4 nitrogen and oxygen atoms in total. The number of rotatable bonds is 4. The predicted octanol–water partition coefficient (Wildman–Crippen LogP) is 3.01. The Morgan fingerprint density at radius 1 is 0.895 bits per heavy atom. The van der Waals surface area contributed by atoms with Gasteiger partial charge in [-0.25, -0.2) is 0 Å². The van der Waals surface area contributed by atoms with Crippen molar-refractivity contribution in [3.8, 4) is 0 Å². The second-order valence-electron chi connectivity index (χ2n) is 6.66. The Kier molecular flexibility index (Phi) is 4.48. The molecule has 2 saturated carbocycles. The molecule has 2 N–H and O–H groups in total. The van der Waals surface area contributed by atoms with Crippen LogP contribution in [0.4, 0.5) is 0 Å². The third kappa shape index (κ3) is 3.71. The summed E-state index contributed by atoms with van der Waals surface area (Å²) >= 11 is 0. The molecule has 5 unspecified atom stereocenters. The summed E-state index contributed by atoms with van der Waals surface area (Å²) in [4.78, 5) is 22.1. The third-order valence-corrected chi connectivity index (χ3v) is 4.95. The monoisotopic (exact) mass is 268 g/mol. The Balaban J connectivity index is 1.85. The third-order valence-electron chi connectivity index (χ3n) is 4.95. The average molecular weight is 268 g/mol. The molecule has 0 aliphatic heterocycles. The van der Waals surface area contributed by atoms with Crippen LogP contribution >= 0.6 is 0 Å². The molecule has 0 bridgehead atoms. The maximum absolute atomic E-state index is 11.1. The van der Waals surface area contributed by atoms with E-state index in [1.54, 1.807) is 0 Å². The Labute approximate surface area is 114 Å². The molecule has 0 heterocycles. The van der Waals surface area contributed by atoms with E-state index in [2.05, 4.69) is 6.92 Å². The van der Waals surface area contributed by atoms with Gasteiger partial charge in [-0.15, -0.1) is 0 Å². The van der Waals surface area contributed by atoms with Gasteiger partial charge in [0.05, 0.1) is 11.8 Å². The molecule has 0 aromatic carbocycles. The molecule has 0 aromatic heterocycles. The lowest BCUT2D eigenvalue weighted by atomic mass is 9.72. The summed E-state index contributed by atoms with van der Waals surface area (Å²) in [7, 11) is 0. The Bertz CT molecular complexity index is 352. The van der Waals surface area contributed by atoms with Crippen molar-refractivity contribution in [1.82, 2.24) is 0 Å². The van der Waals surface area contributed by atoms with Gasteiger partial charge in [-0.1, -0.05) is 6.92 Å². The minimum atomic E-state index is -0.664. The molecule has 108 valence electrons. The molecule has 2 fully saturated rings. The van der Waals surface area contributed by atoms with Crippen molar-refractivity contribution in [3.63, 3.8) is 0 Å². The van der Waals surface area contributed by atoms with Crippen molar-refractivity contribution >= 4 is 11.9 Å². The molecule has 2 aliphatic rings. The summed E-state index contributed by atoms with van der Waals surface area (Å²) in [6.07, 6.45) is 6.31. The minimum absolute atomic E-state index is 0.165. The second kappa shape index (κ2) is 5.93. The van der Waals surface area contributed by atoms with Crippen molar-refractivity contribution in [1.29, 1.82) is 0 Å². The zero-order valence-corrected chi connectivity index (χ0v) is 11.5. The summed E-state index contributed by atoms with van der Waals surface area (Å²) < 4.78 is 0. The van der Waals surface area contributed by atoms with E-state index >= 15 is 0 Å². The number of carboxylic acids is 2. The molecule has 5 atom stereocenters. The smallest absolute Gasteiger partial charge is 0.306 e. The number of hydrogen-bond acceptors (Lipinski definition) is 2. The van der Waals surface area contributed by atoms with Gasteiger partial charge in [0.25, 0.3) is 0 Å². The van der Waals surface area contributed by atoms with Crippen LogP contribution in [0.2, 0.25) is 0 Å². The fourth-order valence-corrected chi connectivity index (χ4v) is 4.12. The number of carbonyl (C=O) groups is 2. The Hall–Kier alpha value is -1.06. The molecule has 2 rings (SSSR count). The SMILES string of the molecule is CC1CC(CC2CCC(C(=O)O)C2)CC(C(=O)O)C1.